The predicted octanol–water partition coefficient (Wildman–Crippen LogP) is 6.13. The molecule has 2 N–H and O–H groups in total. The monoisotopic (exact) mass is 579 g/mol. The van der Waals surface area contributed by atoms with Gasteiger partial charge in [0.15, 0.2) is 11.5 Å². The van der Waals surface area contributed by atoms with Gasteiger partial charge in [0, 0.05) is 22.4 Å². The normalized spacial score (nSPS) is 13.1. The fourth-order valence-electron chi connectivity index (χ4n) is 4.27. The van der Waals surface area contributed by atoms with Crippen LogP contribution in [0.4, 0.5) is 13.2 Å². The van der Waals surface area contributed by atoms with Gasteiger partial charge in [0.2, 0.25) is 5.89 Å². The number of para-hydroxylation sites is 1. The number of nitrogens with one attached hydrogen (secondary N) is 1. The molecule has 0 aliphatic carbocycles. The molecule has 0 aliphatic heterocycles. The number of rotatable bonds is 8. The molecule has 0 radical (unpaired) electrons. The summed E-state index contributed by atoms with van der Waals surface area (Å²) in [5.74, 6) is -1.05. The molecule has 0 bridgehead atoms. The first-order valence-corrected chi connectivity index (χ1v) is 12.7. The Morgan fingerprint density at radius 2 is 1.66 bits per heavy atom. The van der Waals surface area contributed by atoms with E-state index in [1.54, 1.807) is 48.5 Å². The SMILES string of the molecule is O=C[C@@](CO)(Cc1ccc(Cl)cc1)NC(=O)c1nc(-c2ccc(C(F)(F)F)cc2)oc1-c1ccc2ccccc2n1. The zero-order valence-corrected chi connectivity index (χ0v) is 21.9. The Bertz CT molecular complexity index is 1720. The number of aldehydes is 1. The third kappa shape index (κ3) is 5.98. The number of carbonyl (C=O) groups is 2. The summed E-state index contributed by atoms with van der Waals surface area (Å²) in [6, 6.07) is 21.3. The number of halogens is 4. The summed E-state index contributed by atoms with van der Waals surface area (Å²) in [4.78, 5) is 34.6. The molecule has 5 aromatic rings. The van der Waals surface area contributed by atoms with E-state index in [9.17, 15) is 27.9 Å². The highest BCUT2D eigenvalue weighted by Gasteiger charge is 2.35. The second kappa shape index (κ2) is 11.1. The van der Waals surface area contributed by atoms with E-state index in [1.807, 2.05) is 12.1 Å². The van der Waals surface area contributed by atoms with Gasteiger partial charge in [-0.05, 0) is 54.1 Å². The first kappa shape index (κ1) is 28.0. The lowest BCUT2D eigenvalue weighted by molar-refractivity contribution is -0.137. The molecule has 0 spiro atoms. The Balaban J connectivity index is 1.56. The van der Waals surface area contributed by atoms with Gasteiger partial charge >= 0.3 is 6.18 Å². The van der Waals surface area contributed by atoms with Crippen LogP contribution in [0, 0.1) is 0 Å². The van der Waals surface area contributed by atoms with E-state index in [0.29, 0.717) is 22.4 Å². The van der Waals surface area contributed by atoms with Crippen molar-refractivity contribution in [1.82, 2.24) is 15.3 Å². The van der Waals surface area contributed by atoms with Crippen LogP contribution in [0.15, 0.2) is 89.3 Å². The van der Waals surface area contributed by atoms with Crippen LogP contribution in [0.1, 0.15) is 21.6 Å². The molecule has 0 fully saturated rings. The van der Waals surface area contributed by atoms with Gasteiger partial charge in [0.25, 0.3) is 5.91 Å². The molecule has 7 nitrogen and oxygen atoms in total. The standard InChI is InChI=1S/C30H21ClF3N3O4/c31-22-12-5-18(6-13-22)15-29(16-38,17-39)37-27(40)25-26(24-14-9-19-3-1-2-4-23(19)35-24)41-28(36-25)20-7-10-21(11-8-20)30(32,33)34/h1-14,16,39H,15,17H2,(H,37,40)/t29-/m1/s1. The molecule has 1 amide bonds. The minimum Gasteiger partial charge on any atom is -0.434 e. The Kier molecular flexibility index (Phi) is 7.61. The fraction of sp³-hybridized carbons (Fsp3) is 0.133. The molecule has 0 unspecified atom stereocenters. The first-order chi connectivity index (χ1) is 19.6. The van der Waals surface area contributed by atoms with Crippen molar-refractivity contribution in [2.45, 2.75) is 18.1 Å². The lowest BCUT2D eigenvalue weighted by atomic mass is 9.92. The zero-order chi connectivity index (χ0) is 29.2. The van der Waals surface area contributed by atoms with Gasteiger partial charge in [-0.25, -0.2) is 9.97 Å². The minimum atomic E-state index is -4.53. The van der Waals surface area contributed by atoms with Gasteiger partial charge in [-0.15, -0.1) is 0 Å². The molecule has 3 aromatic carbocycles. The number of nitrogens with zero attached hydrogens (tertiary/aromatic N) is 2. The van der Waals surface area contributed by atoms with Crippen molar-refractivity contribution in [3.63, 3.8) is 0 Å². The van der Waals surface area contributed by atoms with E-state index in [0.717, 1.165) is 17.5 Å². The molecular formula is C30H21ClF3N3O4. The molecule has 2 heterocycles. The summed E-state index contributed by atoms with van der Waals surface area (Å²) >= 11 is 5.94. The highest BCUT2D eigenvalue weighted by atomic mass is 35.5. The molecule has 1 atom stereocenters. The number of aliphatic hydroxyl groups is 1. The van der Waals surface area contributed by atoms with Crippen LogP contribution in [-0.4, -0.2) is 39.4 Å². The number of amides is 1. The van der Waals surface area contributed by atoms with Crippen molar-refractivity contribution in [2.75, 3.05) is 6.61 Å². The number of benzene rings is 3. The summed E-state index contributed by atoms with van der Waals surface area (Å²) in [5.41, 5.74) is -1.20. The maximum absolute atomic E-state index is 13.6. The molecule has 208 valence electrons. The minimum absolute atomic E-state index is 0.0525. The number of pyridine rings is 1. The number of hydrogen-bond donors (Lipinski definition) is 2. The largest absolute Gasteiger partial charge is 0.434 e. The van der Waals surface area contributed by atoms with E-state index in [4.69, 9.17) is 16.0 Å². The number of aliphatic hydroxyl groups excluding tert-OH is 1. The summed E-state index contributed by atoms with van der Waals surface area (Å²) in [6.45, 7) is -0.724. The van der Waals surface area contributed by atoms with Crippen molar-refractivity contribution in [2.24, 2.45) is 0 Å². The molecule has 41 heavy (non-hydrogen) atoms. The van der Waals surface area contributed by atoms with E-state index < -0.39 is 29.8 Å². The smallest absolute Gasteiger partial charge is 0.416 e. The zero-order valence-electron chi connectivity index (χ0n) is 21.2. The molecule has 0 aliphatic rings. The van der Waals surface area contributed by atoms with E-state index in [-0.39, 0.29) is 35.0 Å². The number of fused-ring (bicyclic) bond motifs is 1. The summed E-state index contributed by atoms with van der Waals surface area (Å²) in [6.07, 6.45) is -4.15. The van der Waals surface area contributed by atoms with Gasteiger partial charge in [0.1, 0.15) is 17.5 Å². The number of oxazole rings is 1. The highest BCUT2D eigenvalue weighted by Crippen LogP contribution is 2.33. The van der Waals surface area contributed by atoms with Gasteiger partial charge in [-0.1, -0.05) is 48.0 Å². The molecule has 2 aromatic heterocycles. The predicted molar refractivity (Wildman–Crippen MR) is 146 cm³/mol. The Morgan fingerprint density at radius 1 is 0.951 bits per heavy atom. The number of hydrogen-bond acceptors (Lipinski definition) is 6. The van der Waals surface area contributed by atoms with Crippen molar-refractivity contribution < 1.29 is 32.3 Å². The third-order valence-corrected chi connectivity index (χ3v) is 6.69. The summed E-state index contributed by atoms with van der Waals surface area (Å²) in [5, 5.41) is 14.0. The van der Waals surface area contributed by atoms with Crippen LogP contribution in [0.25, 0.3) is 33.8 Å². The summed E-state index contributed by atoms with van der Waals surface area (Å²) < 4.78 is 45.2. The first-order valence-electron chi connectivity index (χ1n) is 12.3. The molecule has 0 saturated carbocycles. The van der Waals surface area contributed by atoms with Gasteiger partial charge < -0.3 is 19.6 Å². The fourth-order valence-corrected chi connectivity index (χ4v) is 4.39. The van der Waals surface area contributed by atoms with Gasteiger partial charge in [-0.2, -0.15) is 13.2 Å². The third-order valence-electron chi connectivity index (χ3n) is 6.44. The summed E-state index contributed by atoms with van der Waals surface area (Å²) in [7, 11) is 0. The van der Waals surface area contributed by atoms with E-state index in [2.05, 4.69) is 15.3 Å². The highest BCUT2D eigenvalue weighted by molar-refractivity contribution is 6.30. The molecule has 11 heteroatoms. The maximum atomic E-state index is 13.6. The van der Waals surface area contributed by atoms with Crippen LogP contribution >= 0.6 is 11.6 Å². The van der Waals surface area contributed by atoms with E-state index in [1.165, 1.54) is 12.1 Å². The van der Waals surface area contributed by atoms with Crippen molar-refractivity contribution in [3.05, 3.63) is 107 Å². The lowest BCUT2D eigenvalue weighted by Crippen LogP contribution is -2.54. The van der Waals surface area contributed by atoms with Crippen molar-refractivity contribution in [3.8, 4) is 22.9 Å². The van der Waals surface area contributed by atoms with Gasteiger partial charge in [0.05, 0.1) is 17.7 Å². The van der Waals surface area contributed by atoms with Gasteiger partial charge in [-0.3, -0.25) is 4.79 Å². The van der Waals surface area contributed by atoms with Crippen LogP contribution in [0.5, 0.6) is 0 Å². The van der Waals surface area contributed by atoms with Crippen LogP contribution in [0.3, 0.4) is 0 Å². The Labute approximate surface area is 236 Å². The van der Waals surface area contributed by atoms with Crippen LogP contribution in [0.2, 0.25) is 5.02 Å². The molecular weight excluding hydrogens is 559 g/mol. The Morgan fingerprint density at radius 3 is 2.32 bits per heavy atom. The second-order valence-electron chi connectivity index (χ2n) is 9.35. The number of aromatic nitrogens is 2. The van der Waals surface area contributed by atoms with Crippen LogP contribution in [-0.2, 0) is 17.4 Å². The average Bonchev–Trinajstić information content (AvgIpc) is 3.43. The van der Waals surface area contributed by atoms with E-state index >= 15 is 0 Å². The van der Waals surface area contributed by atoms with Crippen molar-refractivity contribution in [1.29, 1.82) is 0 Å². The van der Waals surface area contributed by atoms with Crippen LogP contribution < -0.4 is 5.32 Å². The average molecular weight is 580 g/mol. The lowest BCUT2D eigenvalue weighted by Gasteiger charge is -2.27. The quantitative estimate of drug-likeness (QED) is 0.214. The maximum Gasteiger partial charge on any atom is 0.416 e. The Hall–Kier alpha value is -4.54. The molecule has 0 saturated heterocycles. The topological polar surface area (TPSA) is 105 Å². The number of alkyl halides is 3. The molecule has 5 rings (SSSR count). The van der Waals surface area contributed by atoms with Crippen molar-refractivity contribution >= 4 is 34.7 Å². The second-order valence-corrected chi connectivity index (χ2v) is 9.79. The number of carbonyl (C=O) groups excluding carboxylic acids is 2.